The molecular formula is C19H21FN4O3. The third-order valence-corrected chi connectivity index (χ3v) is 5.00. The molecule has 0 bridgehead atoms. The lowest BCUT2D eigenvalue weighted by atomic mass is 9.97. The van der Waals surface area contributed by atoms with Crippen LogP contribution in [-0.4, -0.2) is 46.3 Å². The molecule has 8 heteroatoms. The SMILES string of the molecule is CN1C(=O)CO[C@H](C(=O)Nc2cnn(CC3CC3)c2)[C@@H]1c1ccc(F)cc1. The number of benzene rings is 1. The Morgan fingerprint density at radius 1 is 1.33 bits per heavy atom. The van der Waals surface area contributed by atoms with Crippen molar-refractivity contribution in [2.75, 3.05) is 19.0 Å². The van der Waals surface area contributed by atoms with Crippen LogP contribution in [0.25, 0.3) is 0 Å². The Morgan fingerprint density at radius 3 is 2.78 bits per heavy atom. The lowest BCUT2D eigenvalue weighted by Gasteiger charge is -2.38. The fraction of sp³-hybridized carbons (Fsp3) is 0.421. The van der Waals surface area contributed by atoms with Crippen LogP contribution in [-0.2, 0) is 20.9 Å². The molecule has 1 aromatic heterocycles. The molecule has 2 fully saturated rings. The summed E-state index contributed by atoms with van der Waals surface area (Å²) < 4.78 is 20.6. The highest BCUT2D eigenvalue weighted by molar-refractivity contribution is 5.96. The molecule has 1 aliphatic carbocycles. The van der Waals surface area contributed by atoms with Gasteiger partial charge in [-0.1, -0.05) is 12.1 Å². The first kappa shape index (κ1) is 17.7. The van der Waals surface area contributed by atoms with Crippen LogP contribution in [0, 0.1) is 11.7 Å². The number of carbonyl (C=O) groups is 2. The number of amides is 2. The van der Waals surface area contributed by atoms with Crippen molar-refractivity contribution in [3.05, 3.63) is 48.0 Å². The molecule has 2 aromatic rings. The Kier molecular flexibility index (Phi) is 4.65. The van der Waals surface area contributed by atoms with Crippen molar-refractivity contribution in [1.29, 1.82) is 0 Å². The van der Waals surface area contributed by atoms with E-state index in [9.17, 15) is 14.0 Å². The first-order valence-electron chi connectivity index (χ1n) is 8.97. The third-order valence-electron chi connectivity index (χ3n) is 5.00. The Bertz CT molecular complexity index is 847. The number of hydrogen-bond acceptors (Lipinski definition) is 4. The van der Waals surface area contributed by atoms with Gasteiger partial charge in [0.2, 0.25) is 5.91 Å². The molecule has 1 saturated carbocycles. The summed E-state index contributed by atoms with van der Waals surface area (Å²) in [6.07, 6.45) is 4.94. The summed E-state index contributed by atoms with van der Waals surface area (Å²) >= 11 is 0. The quantitative estimate of drug-likeness (QED) is 0.871. The Balaban J connectivity index is 1.51. The van der Waals surface area contributed by atoms with Crippen LogP contribution >= 0.6 is 0 Å². The van der Waals surface area contributed by atoms with E-state index in [1.54, 1.807) is 31.6 Å². The molecule has 1 aromatic carbocycles. The second-order valence-corrected chi connectivity index (χ2v) is 7.12. The zero-order chi connectivity index (χ0) is 19.0. The molecule has 0 spiro atoms. The molecule has 2 heterocycles. The van der Waals surface area contributed by atoms with E-state index >= 15 is 0 Å². The number of carbonyl (C=O) groups excluding carboxylic acids is 2. The maximum Gasteiger partial charge on any atom is 0.256 e. The second-order valence-electron chi connectivity index (χ2n) is 7.12. The normalized spacial score (nSPS) is 22.7. The molecule has 1 aliphatic heterocycles. The van der Waals surface area contributed by atoms with Gasteiger partial charge in [0, 0.05) is 19.8 Å². The number of rotatable bonds is 5. The highest BCUT2D eigenvalue weighted by atomic mass is 19.1. The molecule has 1 N–H and O–H groups in total. The molecule has 1 saturated heterocycles. The van der Waals surface area contributed by atoms with E-state index in [1.807, 2.05) is 4.68 Å². The fourth-order valence-electron chi connectivity index (χ4n) is 3.30. The van der Waals surface area contributed by atoms with E-state index < -0.39 is 12.1 Å². The van der Waals surface area contributed by atoms with Gasteiger partial charge in [0.1, 0.15) is 12.4 Å². The number of halogens is 1. The predicted molar refractivity (Wildman–Crippen MR) is 95.2 cm³/mol. The van der Waals surface area contributed by atoms with Crippen molar-refractivity contribution in [2.24, 2.45) is 5.92 Å². The minimum atomic E-state index is -0.898. The molecule has 7 nitrogen and oxygen atoms in total. The lowest BCUT2D eigenvalue weighted by molar-refractivity contribution is -0.160. The summed E-state index contributed by atoms with van der Waals surface area (Å²) in [5.74, 6) is -0.300. The minimum absolute atomic E-state index is 0.173. The largest absolute Gasteiger partial charge is 0.356 e. The van der Waals surface area contributed by atoms with Crippen LogP contribution in [0.4, 0.5) is 10.1 Å². The number of nitrogens with zero attached hydrogens (tertiary/aromatic N) is 3. The highest BCUT2D eigenvalue weighted by Gasteiger charge is 2.40. The van der Waals surface area contributed by atoms with E-state index in [2.05, 4.69) is 10.4 Å². The summed E-state index contributed by atoms with van der Waals surface area (Å²) in [7, 11) is 1.62. The third kappa shape index (κ3) is 3.85. The van der Waals surface area contributed by atoms with Crippen LogP contribution in [0.15, 0.2) is 36.7 Å². The summed E-state index contributed by atoms with van der Waals surface area (Å²) in [6.45, 7) is 0.679. The zero-order valence-corrected chi connectivity index (χ0v) is 15.0. The molecule has 0 radical (unpaired) electrons. The first-order valence-corrected chi connectivity index (χ1v) is 8.97. The summed E-state index contributed by atoms with van der Waals surface area (Å²) in [6, 6.07) is 5.10. The molecule has 0 unspecified atom stereocenters. The van der Waals surface area contributed by atoms with Crippen LogP contribution in [0.1, 0.15) is 24.4 Å². The van der Waals surface area contributed by atoms with Crippen molar-refractivity contribution in [3.8, 4) is 0 Å². The summed E-state index contributed by atoms with van der Waals surface area (Å²) in [4.78, 5) is 26.4. The maximum atomic E-state index is 13.3. The van der Waals surface area contributed by atoms with Gasteiger partial charge >= 0.3 is 0 Å². The number of ether oxygens (including phenoxy) is 1. The van der Waals surface area contributed by atoms with E-state index in [0.29, 0.717) is 17.2 Å². The van der Waals surface area contributed by atoms with Crippen molar-refractivity contribution in [1.82, 2.24) is 14.7 Å². The minimum Gasteiger partial charge on any atom is -0.356 e. The van der Waals surface area contributed by atoms with Crippen LogP contribution in [0.2, 0.25) is 0 Å². The topological polar surface area (TPSA) is 76.5 Å². The molecule has 2 atom stereocenters. The number of morpholine rings is 1. The van der Waals surface area contributed by atoms with E-state index in [4.69, 9.17) is 4.74 Å². The van der Waals surface area contributed by atoms with Gasteiger partial charge in [0.25, 0.3) is 5.91 Å². The van der Waals surface area contributed by atoms with Gasteiger partial charge in [0.15, 0.2) is 6.10 Å². The highest BCUT2D eigenvalue weighted by Crippen LogP contribution is 2.31. The Hall–Kier alpha value is -2.74. The predicted octanol–water partition coefficient (Wildman–Crippen LogP) is 1.97. The molecule has 2 amide bonds. The maximum absolute atomic E-state index is 13.3. The summed E-state index contributed by atoms with van der Waals surface area (Å²) in [5.41, 5.74) is 1.22. The van der Waals surface area contributed by atoms with Gasteiger partial charge in [-0.15, -0.1) is 0 Å². The second kappa shape index (κ2) is 7.11. The number of nitrogens with one attached hydrogen (secondary N) is 1. The molecule has 27 heavy (non-hydrogen) atoms. The van der Waals surface area contributed by atoms with Crippen molar-refractivity contribution < 1.29 is 18.7 Å². The van der Waals surface area contributed by atoms with Crippen molar-refractivity contribution >= 4 is 17.5 Å². The van der Waals surface area contributed by atoms with E-state index in [0.717, 1.165) is 6.54 Å². The van der Waals surface area contributed by atoms with Crippen molar-refractivity contribution in [2.45, 2.75) is 31.5 Å². The summed E-state index contributed by atoms with van der Waals surface area (Å²) in [5, 5.41) is 7.08. The van der Waals surface area contributed by atoms with E-state index in [1.165, 1.54) is 29.9 Å². The number of hydrogen-bond donors (Lipinski definition) is 1. The first-order chi connectivity index (χ1) is 13.0. The standard InChI is InChI=1S/C19H21FN4O3/c1-23-16(25)11-27-18(17(23)13-4-6-14(20)7-5-13)19(26)22-15-8-21-24(10-15)9-12-2-3-12/h4-8,10,12,17-18H,2-3,9,11H2,1H3,(H,22,26)/t17-,18-/m0/s1. The molecule has 2 aliphatic rings. The fourth-order valence-corrected chi connectivity index (χ4v) is 3.30. The number of anilines is 1. The Labute approximate surface area is 156 Å². The molecular weight excluding hydrogens is 351 g/mol. The average Bonchev–Trinajstić information content (AvgIpc) is 3.36. The lowest BCUT2D eigenvalue weighted by Crippen LogP contribution is -2.51. The van der Waals surface area contributed by atoms with Crippen LogP contribution < -0.4 is 5.32 Å². The van der Waals surface area contributed by atoms with Gasteiger partial charge in [-0.3, -0.25) is 14.3 Å². The van der Waals surface area contributed by atoms with Gasteiger partial charge in [-0.05, 0) is 36.5 Å². The van der Waals surface area contributed by atoms with E-state index in [-0.39, 0.29) is 24.2 Å². The van der Waals surface area contributed by atoms with Gasteiger partial charge in [-0.25, -0.2) is 4.39 Å². The van der Waals surface area contributed by atoms with Gasteiger partial charge in [-0.2, -0.15) is 5.10 Å². The van der Waals surface area contributed by atoms with Crippen molar-refractivity contribution in [3.63, 3.8) is 0 Å². The number of likely N-dealkylation sites (N-methyl/N-ethyl adjacent to an activating group) is 1. The number of aromatic nitrogens is 2. The Morgan fingerprint density at radius 2 is 2.07 bits per heavy atom. The average molecular weight is 372 g/mol. The van der Waals surface area contributed by atoms with Gasteiger partial charge < -0.3 is 15.0 Å². The monoisotopic (exact) mass is 372 g/mol. The van der Waals surface area contributed by atoms with Crippen LogP contribution in [0.5, 0.6) is 0 Å². The van der Waals surface area contributed by atoms with Gasteiger partial charge in [0.05, 0.1) is 17.9 Å². The zero-order valence-electron chi connectivity index (χ0n) is 15.0. The smallest absolute Gasteiger partial charge is 0.256 e. The van der Waals surface area contributed by atoms with Crippen LogP contribution in [0.3, 0.4) is 0 Å². The molecule has 142 valence electrons. The molecule has 4 rings (SSSR count).